The van der Waals surface area contributed by atoms with Gasteiger partial charge < -0.3 is 29.9 Å². The Morgan fingerprint density at radius 1 is 1.20 bits per heavy atom. The van der Waals surface area contributed by atoms with E-state index in [-0.39, 0.29) is 50.2 Å². The second-order valence-electron chi connectivity index (χ2n) is 10.1. The van der Waals surface area contributed by atoms with E-state index in [1.807, 2.05) is 37.3 Å². The van der Waals surface area contributed by atoms with Crippen LogP contribution in [-0.4, -0.2) is 108 Å². The summed E-state index contributed by atoms with van der Waals surface area (Å²) in [7, 11) is 0. The van der Waals surface area contributed by atoms with Crippen LogP contribution in [0.25, 0.3) is 0 Å². The second kappa shape index (κ2) is 14.1. The Labute approximate surface area is 235 Å². The summed E-state index contributed by atoms with van der Waals surface area (Å²) in [5, 5.41) is 8.98. The highest BCUT2D eigenvalue weighted by Crippen LogP contribution is 2.29. The molecule has 12 heteroatoms. The number of benzene rings is 1. The van der Waals surface area contributed by atoms with E-state index in [1.165, 1.54) is 6.08 Å². The van der Waals surface area contributed by atoms with Crippen molar-refractivity contribution in [3.63, 3.8) is 0 Å². The van der Waals surface area contributed by atoms with Gasteiger partial charge in [-0.2, -0.15) is 0 Å². The average molecular weight is 557 g/mol. The number of carbonyl (C=O) groups excluding carboxylic acids is 4. The fourth-order valence-electron chi connectivity index (χ4n) is 5.47. The number of hydrogen-bond acceptors (Lipinski definition) is 7. The van der Waals surface area contributed by atoms with Crippen molar-refractivity contribution in [3.05, 3.63) is 48.6 Å². The van der Waals surface area contributed by atoms with Gasteiger partial charge in [0.1, 0.15) is 18.8 Å². The molecule has 1 unspecified atom stereocenters. The predicted octanol–water partition coefficient (Wildman–Crippen LogP) is 1.69. The molecule has 3 saturated heterocycles. The number of ether oxygens (including phenoxy) is 2. The maximum Gasteiger partial charge on any atom is 0.407 e. The van der Waals surface area contributed by atoms with Crippen molar-refractivity contribution >= 4 is 23.9 Å². The molecule has 4 rings (SSSR count). The van der Waals surface area contributed by atoms with Crippen LogP contribution in [0.2, 0.25) is 0 Å². The van der Waals surface area contributed by atoms with Gasteiger partial charge in [-0.25, -0.2) is 19.6 Å². The first-order chi connectivity index (χ1) is 19.4. The van der Waals surface area contributed by atoms with E-state index in [9.17, 15) is 19.2 Å². The van der Waals surface area contributed by atoms with E-state index in [4.69, 9.17) is 9.47 Å². The zero-order valence-corrected chi connectivity index (χ0v) is 23.1. The maximum absolute atomic E-state index is 13.7. The van der Waals surface area contributed by atoms with Crippen molar-refractivity contribution in [1.29, 1.82) is 0 Å². The van der Waals surface area contributed by atoms with E-state index >= 15 is 0 Å². The van der Waals surface area contributed by atoms with Crippen molar-refractivity contribution in [2.75, 3.05) is 45.9 Å². The minimum Gasteiger partial charge on any atom is -0.445 e. The lowest BCUT2D eigenvalue weighted by atomic mass is 10.0. The van der Waals surface area contributed by atoms with Crippen LogP contribution in [0.4, 0.5) is 9.59 Å². The number of hydrazine groups is 1. The first-order valence-corrected chi connectivity index (χ1v) is 14.0. The smallest absolute Gasteiger partial charge is 0.407 e. The lowest BCUT2D eigenvalue weighted by Gasteiger charge is -2.55. The van der Waals surface area contributed by atoms with Gasteiger partial charge in [0.25, 0.3) is 0 Å². The van der Waals surface area contributed by atoms with E-state index in [1.54, 1.807) is 19.8 Å². The SMILES string of the molecule is C=CCOC(=O)NCCC[C@H]1C(=O)N(CC2CCCO2)C[C@H]2N1C(=O)CN(CC)N2C(=O)NCc1ccccc1. The summed E-state index contributed by atoms with van der Waals surface area (Å²) < 4.78 is 10.8. The number of nitrogens with one attached hydrogen (secondary N) is 2. The van der Waals surface area contributed by atoms with Crippen LogP contribution in [0, 0.1) is 0 Å². The molecule has 12 nitrogen and oxygen atoms in total. The zero-order chi connectivity index (χ0) is 28.5. The Hall–Kier alpha value is -3.64. The number of rotatable bonds is 11. The molecule has 5 amide bonds. The first-order valence-electron chi connectivity index (χ1n) is 14.0. The average Bonchev–Trinajstić information content (AvgIpc) is 3.48. The molecule has 0 spiro atoms. The summed E-state index contributed by atoms with van der Waals surface area (Å²) in [4.78, 5) is 55.9. The number of likely N-dealkylation sites (N-methyl/N-ethyl adjacent to an activating group) is 1. The number of alkyl carbamates (subject to hydrolysis) is 1. The van der Waals surface area contributed by atoms with Crippen molar-refractivity contribution in [1.82, 2.24) is 30.5 Å². The topological polar surface area (TPSA) is 124 Å². The molecule has 40 heavy (non-hydrogen) atoms. The number of carbonyl (C=O) groups is 4. The quantitative estimate of drug-likeness (QED) is 0.314. The lowest BCUT2D eigenvalue weighted by Crippen LogP contribution is -2.76. The minimum atomic E-state index is -0.762. The third kappa shape index (κ3) is 7.11. The van der Waals surface area contributed by atoms with Gasteiger partial charge >= 0.3 is 12.1 Å². The van der Waals surface area contributed by atoms with E-state index in [0.717, 1.165) is 18.4 Å². The molecule has 0 aromatic heterocycles. The molecule has 0 aliphatic carbocycles. The predicted molar refractivity (Wildman–Crippen MR) is 147 cm³/mol. The van der Waals surface area contributed by atoms with Crippen molar-refractivity contribution in [2.24, 2.45) is 0 Å². The van der Waals surface area contributed by atoms with Crippen molar-refractivity contribution in [3.8, 4) is 0 Å². The Kier molecular flexibility index (Phi) is 10.4. The van der Waals surface area contributed by atoms with Gasteiger partial charge in [-0.1, -0.05) is 49.9 Å². The number of hydrogen-bond donors (Lipinski definition) is 2. The van der Waals surface area contributed by atoms with Crippen molar-refractivity contribution < 1.29 is 28.7 Å². The number of nitrogens with zero attached hydrogens (tertiary/aromatic N) is 4. The van der Waals surface area contributed by atoms with Gasteiger partial charge in [0, 0.05) is 32.8 Å². The molecule has 1 aromatic carbocycles. The van der Waals surface area contributed by atoms with Gasteiger partial charge in [-0.15, -0.1) is 0 Å². The zero-order valence-electron chi connectivity index (χ0n) is 23.1. The Morgan fingerprint density at radius 2 is 2.00 bits per heavy atom. The molecule has 0 bridgehead atoms. The molecule has 0 radical (unpaired) electrons. The molecular formula is C28H40N6O6. The summed E-state index contributed by atoms with van der Waals surface area (Å²) in [5.74, 6) is -0.364. The molecule has 0 saturated carbocycles. The van der Waals surface area contributed by atoms with Crippen LogP contribution in [0.15, 0.2) is 43.0 Å². The molecule has 3 aliphatic rings. The van der Waals surface area contributed by atoms with Gasteiger partial charge in [0.2, 0.25) is 11.8 Å². The fourth-order valence-corrected chi connectivity index (χ4v) is 5.47. The maximum atomic E-state index is 13.7. The summed E-state index contributed by atoms with van der Waals surface area (Å²) in [5.41, 5.74) is 0.958. The largest absolute Gasteiger partial charge is 0.445 e. The third-order valence-corrected chi connectivity index (χ3v) is 7.39. The Bertz CT molecular complexity index is 1050. The molecule has 218 valence electrons. The van der Waals surface area contributed by atoms with Crippen LogP contribution >= 0.6 is 0 Å². The molecule has 2 N–H and O–H groups in total. The first kappa shape index (κ1) is 29.3. The minimum absolute atomic E-state index is 0.00655. The molecular weight excluding hydrogens is 516 g/mol. The fraction of sp³-hybridized carbons (Fsp3) is 0.571. The normalized spacial score (nSPS) is 23.1. The number of amides is 5. The summed E-state index contributed by atoms with van der Waals surface area (Å²) in [6.07, 6.45) is 2.76. The van der Waals surface area contributed by atoms with Crippen LogP contribution < -0.4 is 10.6 Å². The van der Waals surface area contributed by atoms with Crippen molar-refractivity contribution in [2.45, 2.75) is 57.5 Å². The lowest BCUT2D eigenvalue weighted by molar-refractivity contribution is -0.191. The van der Waals surface area contributed by atoms with Crippen LogP contribution in [0.1, 0.15) is 38.2 Å². The molecule has 3 heterocycles. The van der Waals surface area contributed by atoms with E-state index < -0.39 is 18.3 Å². The number of fused-ring (bicyclic) bond motifs is 1. The Balaban J connectivity index is 1.52. The van der Waals surface area contributed by atoms with Gasteiger partial charge in [-0.05, 0) is 31.2 Å². The number of piperazine rings is 1. The Morgan fingerprint density at radius 3 is 2.70 bits per heavy atom. The molecule has 3 atom stereocenters. The standard InChI is InChI=1S/C28H40N6O6/c1-3-15-40-28(38)29-14-8-13-23-26(36)31(18-22-12-9-16-39-22)19-24-33(23)25(35)20-32(4-2)34(24)27(37)30-17-21-10-6-5-7-11-21/h3,5-7,10-11,22-24H,1,4,8-9,12-20H2,2H3,(H,29,38)(H,30,37)/t22?,23-,24-/m0/s1. The third-order valence-electron chi connectivity index (χ3n) is 7.39. The highest BCUT2D eigenvalue weighted by Gasteiger charge is 2.51. The van der Waals surface area contributed by atoms with Gasteiger partial charge in [-0.3, -0.25) is 9.59 Å². The van der Waals surface area contributed by atoms with Gasteiger partial charge in [0.05, 0.1) is 19.2 Å². The molecule has 3 aliphatic heterocycles. The number of urea groups is 1. The summed E-state index contributed by atoms with van der Waals surface area (Å²) in [6, 6.07) is 8.52. The summed E-state index contributed by atoms with van der Waals surface area (Å²) >= 11 is 0. The van der Waals surface area contributed by atoms with E-state index in [2.05, 4.69) is 17.2 Å². The van der Waals surface area contributed by atoms with Gasteiger partial charge in [0.15, 0.2) is 0 Å². The second-order valence-corrected chi connectivity index (χ2v) is 10.1. The summed E-state index contributed by atoms with van der Waals surface area (Å²) in [6.45, 7) is 7.84. The highest BCUT2D eigenvalue weighted by molar-refractivity contribution is 5.91. The van der Waals surface area contributed by atoms with Crippen LogP contribution in [0.5, 0.6) is 0 Å². The van der Waals surface area contributed by atoms with E-state index in [0.29, 0.717) is 39.1 Å². The van der Waals surface area contributed by atoms with Crippen LogP contribution in [0.3, 0.4) is 0 Å². The molecule has 3 fully saturated rings. The molecule has 1 aromatic rings. The monoisotopic (exact) mass is 556 g/mol. The van der Waals surface area contributed by atoms with Crippen LogP contribution in [-0.2, 0) is 25.6 Å². The highest BCUT2D eigenvalue weighted by atomic mass is 16.5.